The molecule has 0 bridgehead atoms. The lowest BCUT2D eigenvalue weighted by molar-refractivity contribution is 0.274. The highest BCUT2D eigenvalue weighted by molar-refractivity contribution is 9.10. The zero-order chi connectivity index (χ0) is 17.4. The molecule has 0 spiro atoms. The summed E-state index contributed by atoms with van der Waals surface area (Å²) < 4.78 is 15.3. The van der Waals surface area contributed by atoms with E-state index in [1.165, 1.54) is 11.9 Å². The Morgan fingerprint density at radius 2 is 2.12 bits per heavy atom. The van der Waals surface area contributed by atoms with Crippen molar-refractivity contribution in [2.45, 2.75) is 11.3 Å². The summed E-state index contributed by atoms with van der Waals surface area (Å²) in [4.78, 5) is 7.54. The van der Waals surface area contributed by atoms with Crippen molar-refractivity contribution in [2.24, 2.45) is 0 Å². The molecule has 0 aliphatic heterocycles. The van der Waals surface area contributed by atoms with E-state index in [1.54, 1.807) is 13.3 Å². The predicted octanol–water partition coefficient (Wildman–Crippen LogP) is 4.30. The van der Waals surface area contributed by atoms with Crippen molar-refractivity contribution in [1.82, 2.24) is 9.88 Å². The van der Waals surface area contributed by atoms with Gasteiger partial charge in [0.25, 0.3) is 0 Å². The SMILES string of the molecule is COc1cccc(SNc2cc(Br)cnc2OCCCN(C)C)c1. The summed E-state index contributed by atoms with van der Waals surface area (Å²) >= 11 is 4.94. The number of aromatic nitrogens is 1. The fourth-order valence-corrected chi connectivity index (χ4v) is 2.97. The quantitative estimate of drug-likeness (QED) is 0.490. The monoisotopic (exact) mass is 411 g/mol. The van der Waals surface area contributed by atoms with Gasteiger partial charge in [0.1, 0.15) is 11.4 Å². The predicted molar refractivity (Wildman–Crippen MR) is 103 cm³/mol. The van der Waals surface area contributed by atoms with Crippen LogP contribution in [0.1, 0.15) is 6.42 Å². The maximum Gasteiger partial charge on any atom is 0.238 e. The van der Waals surface area contributed by atoms with Gasteiger partial charge in [-0.25, -0.2) is 4.98 Å². The van der Waals surface area contributed by atoms with Crippen molar-refractivity contribution in [3.63, 3.8) is 0 Å². The second-order valence-corrected chi connectivity index (χ2v) is 7.19. The maximum absolute atomic E-state index is 5.82. The molecule has 0 amide bonds. The Bertz CT molecular complexity index is 655. The fraction of sp³-hybridized carbons (Fsp3) is 0.353. The number of halogens is 1. The van der Waals surface area contributed by atoms with Gasteiger partial charge in [0.05, 0.1) is 13.7 Å². The molecule has 130 valence electrons. The highest BCUT2D eigenvalue weighted by Crippen LogP contribution is 2.31. The Morgan fingerprint density at radius 3 is 2.88 bits per heavy atom. The van der Waals surface area contributed by atoms with Gasteiger partial charge in [0.2, 0.25) is 5.88 Å². The van der Waals surface area contributed by atoms with Crippen molar-refractivity contribution in [1.29, 1.82) is 0 Å². The number of anilines is 1. The molecule has 1 aromatic carbocycles. The third-order valence-electron chi connectivity index (χ3n) is 3.13. The molecule has 1 heterocycles. The molecule has 0 aliphatic rings. The number of ether oxygens (including phenoxy) is 2. The Morgan fingerprint density at radius 1 is 1.29 bits per heavy atom. The molecule has 0 atom stereocenters. The lowest BCUT2D eigenvalue weighted by Gasteiger charge is -2.13. The van der Waals surface area contributed by atoms with Crippen LogP contribution in [-0.2, 0) is 0 Å². The van der Waals surface area contributed by atoms with E-state index in [9.17, 15) is 0 Å². The molecule has 7 heteroatoms. The minimum atomic E-state index is 0.604. The van der Waals surface area contributed by atoms with E-state index < -0.39 is 0 Å². The van der Waals surface area contributed by atoms with Gasteiger partial charge < -0.3 is 19.1 Å². The van der Waals surface area contributed by atoms with Gasteiger partial charge in [0.15, 0.2) is 0 Å². The van der Waals surface area contributed by atoms with Gasteiger partial charge in [-0.2, -0.15) is 0 Å². The van der Waals surface area contributed by atoms with Crippen molar-refractivity contribution < 1.29 is 9.47 Å². The van der Waals surface area contributed by atoms with Gasteiger partial charge in [-0.15, -0.1) is 0 Å². The summed E-state index contributed by atoms with van der Waals surface area (Å²) in [5.41, 5.74) is 0.835. The van der Waals surface area contributed by atoms with E-state index in [0.29, 0.717) is 12.5 Å². The van der Waals surface area contributed by atoms with Crippen molar-refractivity contribution in [2.75, 3.05) is 39.1 Å². The first kappa shape index (κ1) is 18.9. The number of nitrogens with one attached hydrogen (secondary N) is 1. The van der Waals surface area contributed by atoms with Crippen LogP contribution in [0, 0.1) is 0 Å². The van der Waals surface area contributed by atoms with E-state index in [-0.39, 0.29) is 0 Å². The Labute approximate surface area is 156 Å². The van der Waals surface area contributed by atoms with Crippen LogP contribution in [0.4, 0.5) is 5.69 Å². The maximum atomic E-state index is 5.82. The van der Waals surface area contributed by atoms with E-state index in [1.807, 2.05) is 30.3 Å². The molecular weight excluding hydrogens is 390 g/mol. The number of methoxy groups -OCH3 is 1. The van der Waals surface area contributed by atoms with Gasteiger partial charge in [0, 0.05) is 22.1 Å². The molecule has 0 saturated heterocycles. The standard InChI is InChI=1S/C17H22BrN3O2S/c1-21(2)8-5-9-23-17-16(10-13(18)12-19-17)20-24-15-7-4-6-14(11-15)22-3/h4,6-7,10-12,20H,5,8-9H2,1-3H3. The van der Waals surface area contributed by atoms with Crippen LogP contribution in [0.15, 0.2) is 45.9 Å². The molecule has 1 N–H and O–H groups in total. The van der Waals surface area contributed by atoms with Crippen LogP contribution in [0.2, 0.25) is 0 Å². The number of nitrogens with zero attached hydrogens (tertiary/aromatic N) is 2. The molecule has 1 aromatic heterocycles. The number of hydrogen-bond donors (Lipinski definition) is 1. The van der Waals surface area contributed by atoms with Crippen LogP contribution in [0.25, 0.3) is 0 Å². The zero-order valence-electron chi connectivity index (χ0n) is 14.1. The highest BCUT2D eigenvalue weighted by atomic mass is 79.9. The topological polar surface area (TPSA) is 46.6 Å². The van der Waals surface area contributed by atoms with Gasteiger partial charge in [-0.1, -0.05) is 6.07 Å². The summed E-state index contributed by atoms with van der Waals surface area (Å²) in [5, 5.41) is 0. The molecule has 5 nitrogen and oxygen atoms in total. The first-order chi connectivity index (χ1) is 11.6. The molecule has 0 saturated carbocycles. The second kappa shape index (κ2) is 9.76. The first-order valence-corrected chi connectivity index (χ1v) is 9.19. The van der Waals surface area contributed by atoms with Crippen LogP contribution < -0.4 is 14.2 Å². The molecule has 0 fully saturated rings. The summed E-state index contributed by atoms with van der Waals surface area (Å²) in [6.07, 6.45) is 2.69. The van der Waals surface area contributed by atoms with Gasteiger partial charge >= 0.3 is 0 Å². The van der Waals surface area contributed by atoms with Crippen molar-refractivity contribution >= 4 is 33.6 Å². The molecular formula is C17H22BrN3O2S. The summed E-state index contributed by atoms with van der Waals surface area (Å²) in [5.74, 6) is 1.43. The summed E-state index contributed by atoms with van der Waals surface area (Å²) in [7, 11) is 5.76. The first-order valence-electron chi connectivity index (χ1n) is 7.58. The van der Waals surface area contributed by atoms with Crippen molar-refractivity contribution in [3.05, 3.63) is 41.0 Å². The molecule has 2 rings (SSSR count). The minimum absolute atomic E-state index is 0.604. The number of rotatable bonds is 9. The molecule has 0 aliphatic carbocycles. The average molecular weight is 412 g/mol. The summed E-state index contributed by atoms with van der Waals surface area (Å²) in [6, 6.07) is 9.83. The van der Waals surface area contributed by atoms with E-state index in [4.69, 9.17) is 9.47 Å². The average Bonchev–Trinajstić information content (AvgIpc) is 2.58. The second-order valence-electron chi connectivity index (χ2n) is 5.39. The highest BCUT2D eigenvalue weighted by Gasteiger charge is 2.08. The minimum Gasteiger partial charge on any atom is -0.497 e. The third-order valence-corrected chi connectivity index (χ3v) is 4.37. The van der Waals surface area contributed by atoms with Crippen LogP contribution >= 0.6 is 27.9 Å². The van der Waals surface area contributed by atoms with Crippen LogP contribution in [-0.4, -0.2) is 44.2 Å². The Hall–Kier alpha value is -1.44. The number of pyridine rings is 1. The number of hydrogen-bond acceptors (Lipinski definition) is 6. The normalized spacial score (nSPS) is 10.7. The van der Waals surface area contributed by atoms with Crippen LogP contribution in [0.5, 0.6) is 11.6 Å². The third kappa shape index (κ3) is 6.22. The molecule has 0 unspecified atom stereocenters. The van der Waals surface area contributed by atoms with Gasteiger partial charge in [-0.05, 0) is 72.7 Å². The zero-order valence-corrected chi connectivity index (χ0v) is 16.5. The van der Waals surface area contributed by atoms with Gasteiger partial charge in [-0.3, -0.25) is 0 Å². The molecule has 2 aromatic rings. The van der Waals surface area contributed by atoms with Crippen LogP contribution in [0.3, 0.4) is 0 Å². The fourth-order valence-electron chi connectivity index (χ4n) is 1.94. The summed E-state index contributed by atoms with van der Waals surface area (Å²) in [6.45, 7) is 1.61. The smallest absolute Gasteiger partial charge is 0.238 e. The van der Waals surface area contributed by atoms with E-state index in [0.717, 1.165) is 33.8 Å². The Kier molecular flexibility index (Phi) is 7.68. The molecule has 0 radical (unpaired) electrons. The molecule has 24 heavy (non-hydrogen) atoms. The largest absolute Gasteiger partial charge is 0.497 e. The van der Waals surface area contributed by atoms with Crippen molar-refractivity contribution in [3.8, 4) is 11.6 Å². The number of benzene rings is 1. The van der Waals surface area contributed by atoms with E-state index in [2.05, 4.69) is 44.6 Å². The Balaban J connectivity index is 1.98. The lowest BCUT2D eigenvalue weighted by Crippen LogP contribution is -2.15. The van der Waals surface area contributed by atoms with E-state index >= 15 is 0 Å². The lowest BCUT2D eigenvalue weighted by atomic mass is 10.3.